The van der Waals surface area contributed by atoms with Crippen LogP contribution in [0.15, 0.2) is 59.7 Å². The largest absolute Gasteiger partial charge is 0.497 e. The van der Waals surface area contributed by atoms with Crippen molar-refractivity contribution >= 4 is 18.2 Å². The number of hydrogen-bond donors (Lipinski definition) is 2. The van der Waals surface area contributed by atoms with Crippen LogP contribution in [0.5, 0.6) is 5.75 Å². The molecule has 0 saturated heterocycles. The minimum Gasteiger partial charge on any atom is -0.497 e. The van der Waals surface area contributed by atoms with E-state index < -0.39 is 18.0 Å². The molecule has 0 saturated carbocycles. The Balaban J connectivity index is 2.00. The molecule has 2 amide bonds. The van der Waals surface area contributed by atoms with Gasteiger partial charge in [-0.3, -0.25) is 4.79 Å². The third-order valence-electron chi connectivity index (χ3n) is 3.67. The first-order valence-corrected chi connectivity index (χ1v) is 8.56. The van der Waals surface area contributed by atoms with Gasteiger partial charge in [0.2, 0.25) is 0 Å². The highest BCUT2D eigenvalue weighted by atomic mass is 16.5. The Bertz CT molecular complexity index is 761. The number of hydrazone groups is 1. The van der Waals surface area contributed by atoms with Crippen LogP contribution in [0.25, 0.3) is 0 Å². The lowest BCUT2D eigenvalue weighted by molar-refractivity contribution is -0.123. The van der Waals surface area contributed by atoms with Crippen LogP contribution in [0, 0.1) is 0 Å². The Labute approximate surface area is 158 Å². The Kier molecular flexibility index (Phi) is 7.84. The first-order valence-electron chi connectivity index (χ1n) is 8.56. The topological polar surface area (TPSA) is 89.0 Å². The summed E-state index contributed by atoms with van der Waals surface area (Å²) in [6, 6.07) is 15.8. The van der Waals surface area contributed by atoms with Gasteiger partial charge in [-0.05, 0) is 42.3 Å². The van der Waals surface area contributed by atoms with Gasteiger partial charge in [0, 0.05) is 6.42 Å². The molecule has 7 heteroatoms. The Morgan fingerprint density at radius 1 is 1.11 bits per heavy atom. The second-order valence-corrected chi connectivity index (χ2v) is 5.61. The summed E-state index contributed by atoms with van der Waals surface area (Å²) >= 11 is 0. The lowest BCUT2D eigenvalue weighted by Crippen LogP contribution is -2.47. The van der Waals surface area contributed by atoms with E-state index in [1.54, 1.807) is 26.2 Å². The zero-order valence-corrected chi connectivity index (χ0v) is 15.3. The van der Waals surface area contributed by atoms with Gasteiger partial charge >= 0.3 is 6.09 Å². The van der Waals surface area contributed by atoms with Crippen LogP contribution in [0.4, 0.5) is 4.79 Å². The maximum atomic E-state index is 12.5. The van der Waals surface area contributed by atoms with Crippen molar-refractivity contribution in [2.75, 3.05) is 13.7 Å². The average molecular weight is 369 g/mol. The van der Waals surface area contributed by atoms with Crippen molar-refractivity contribution in [1.82, 2.24) is 10.7 Å². The summed E-state index contributed by atoms with van der Waals surface area (Å²) in [6.07, 6.45) is 1.19. The molecule has 7 nitrogen and oxygen atoms in total. The highest BCUT2D eigenvalue weighted by Gasteiger charge is 2.21. The van der Waals surface area contributed by atoms with Gasteiger partial charge < -0.3 is 14.8 Å². The number of nitrogens with one attached hydrogen (secondary N) is 2. The Morgan fingerprint density at radius 2 is 1.81 bits per heavy atom. The molecule has 2 rings (SSSR count). The number of benzene rings is 2. The maximum Gasteiger partial charge on any atom is 0.407 e. The lowest BCUT2D eigenvalue weighted by atomic mass is 10.1. The second-order valence-electron chi connectivity index (χ2n) is 5.61. The van der Waals surface area contributed by atoms with E-state index in [1.807, 2.05) is 42.5 Å². The van der Waals surface area contributed by atoms with Crippen molar-refractivity contribution in [3.8, 4) is 5.75 Å². The monoisotopic (exact) mass is 369 g/mol. The van der Waals surface area contributed by atoms with Crippen LogP contribution in [0.3, 0.4) is 0 Å². The molecule has 2 N–H and O–H groups in total. The van der Waals surface area contributed by atoms with Crippen LogP contribution in [0.1, 0.15) is 18.1 Å². The van der Waals surface area contributed by atoms with Gasteiger partial charge in [-0.2, -0.15) is 5.10 Å². The molecule has 0 radical (unpaired) electrons. The molecule has 0 heterocycles. The zero-order chi connectivity index (χ0) is 19.5. The van der Waals surface area contributed by atoms with E-state index in [1.165, 1.54) is 6.21 Å². The number of ether oxygens (including phenoxy) is 2. The molecule has 0 aliphatic rings. The SMILES string of the molecule is CCOC(=O)N[C@H](Cc1ccccc1)C(=O)N/N=C\c1ccc(OC)cc1. The van der Waals surface area contributed by atoms with Gasteiger partial charge in [-0.15, -0.1) is 0 Å². The Hall–Kier alpha value is -3.35. The third kappa shape index (κ3) is 6.81. The number of carbonyl (C=O) groups is 2. The molecule has 0 fully saturated rings. The van der Waals surface area contributed by atoms with Gasteiger partial charge in [-0.25, -0.2) is 10.2 Å². The fourth-order valence-corrected chi connectivity index (χ4v) is 2.31. The fraction of sp³-hybridized carbons (Fsp3) is 0.250. The standard InChI is InChI=1S/C20H23N3O4/c1-3-27-20(25)22-18(13-15-7-5-4-6-8-15)19(24)23-21-14-16-9-11-17(26-2)12-10-16/h4-12,14,18H,3,13H2,1-2H3,(H,22,25)(H,23,24)/b21-14-/t18-/m1/s1. The average Bonchev–Trinajstić information content (AvgIpc) is 2.69. The summed E-state index contributed by atoms with van der Waals surface area (Å²) in [4.78, 5) is 24.2. The molecule has 0 spiro atoms. The fourth-order valence-electron chi connectivity index (χ4n) is 2.31. The van der Waals surface area contributed by atoms with Crippen LogP contribution >= 0.6 is 0 Å². The minimum absolute atomic E-state index is 0.223. The second kappa shape index (κ2) is 10.6. The number of nitrogens with zero attached hydrogens (tertiary/aromatic N) is 1. The van der Waals surface area contributed by atoms with Crippen molar-refractivity contribution in [1.29, 1.82) is 0 Å². The molecule has 0 aliphatic heterocycles. The predicted molar refractivity (Wildman–Crippen MR) is 103 cm³/mol. The number of carbonyl (C=O) groups excluding carboxylic acids is 2. The predicted octanol–water partition coefficient (Wildman–Crippen LogP) is 2.50. The van der Waals surface area contributed by atoms with E-state index in [4.69, 9.17) is 9.47 Å². The van der Waals surface area contributed by atoms with Gasteiger partial charge in [0.1, 0.15) is 11.8 Å². The molecule has 0 bridgehead atoms. The third-order valence-corrected chi connectivity index (χ3v) is 3.67. The normalized spacial score (nSPS) is 11.6. The minimum atomic E-state index is -0.806. The van der Waals surface area contributed by atoms with Crippen molar-refractivity contribution in [3.63, 3.8) is 0 Å². The molecule has 1 atom stereocenters. The summed E-state index contributed by atoms with van der Waals surface area (Å²) in [5.74, 6) is 0.300. The quantitative estimate of drug-likeness (QED) is 0.553. The first-order chi connectivity index (χ1) is 13.1. The van der Waals surface area contributed by atoms with E-state index in [0.29, 0.717) is 6.42 Å². The smallest absolute Gasteiger partial charge is 0.407 e. The highest BCUT2D eigenvalue weighted by Crippen LogP contribution is 2.09. The van der Waals surface area contributed by atoms with E-state index in [9.17, 15) is 9.59 Å². The van der Waals surface area contributed by atoms with Crippen LogP contribution in [-0.2, 0) is 16.0 Å². The van der Waals surface area contributed by atoms with Gasteiger partial charge in [0.05, 0.1) is 19.9 Å². The number of methoxy groups -OCH3 is 1. The van der Waals surface area contributed by atoms with E-state index in [2.05, 4.69) is 15.8 Å². The van der Waals surface area contributed by atoms with Crippen molar-refractivity contribution in [3.05, 3.63) is 65.7 Å². The Morgan fingerprint density at radius 3 is 2.44 bits per heavy atom. The van der Waals surface area contributed by atoms with Crippen LogP contribution in [0.2, 0.25) is 0 Å². The molecule has 0 aliphatic carbocycles. The van der Waals surface area contributed by atoms with Crippen LogP contribution < -0.4 is 15.5 Å². The van der Waals surface area contributed by atoms with Crippen molar-refractivity contribution < 1.29 is 19.1 Å². The first kappa shape index (κ1) is 20.0. The molecular formula is C20H23N3O4. The van der Waals surface area contributed by atoms with Gasteiger partial charge in [0.15, 0.2) is 0 Å². The van der Waals surface area contributed by atoms with Gasteiger partial charge in [0.25, 0.3) is 5.91 Å². The van der Waals surface area contributed by atoms with Crippen molar-refractivity contribution in [2.24, 2.45) is 5.10 Å². The summed E-state index contributed by atoms with van der Waals surface area (Å²) in [7, 11) is 1.59. The summed E-state index contributed by atoms with van der Waals surface area (Å²) in [5.41, 5.74) is 4.17. The molecule has 142 valence electrons. The number of amides is 2. The molecule has 0 unspecified atom stereocenters. The molecular weight excluding hydrogens is 346 g/mol. The zero-order valence-electron chi connectivity index (χ0n) is 15.3. The van der Waals surface area contributed by atoms with E-state index >= 15 is 0 Å². The lowest BCUT2D eigenvalue weighted by Gasteiger charge is -2.16. The highest BCUT2D eigenvalue weighted by molar-refractivity contribution is 5.87. The van der Waals surface area contributed by atoms with E-state index in [0.717, 1.165) is 16.9 Å². The number of rotatable bonds is 8. The molecule has 0 aromatic heterocycles. The number of hydrogen-bond acceptors (Lipinski definition) is 5. The van der Waals surface area contributed by atoms with E-state index in [-0.39, 0.29) is 6.61 Å². The molecule has 2 aromatic rings. The van der Waals surface area contributed by atoms with Crippen molar-refractivity contribution in [2.45, 2.75) is 19.4 Å². The number of alkyl carbamates (subject to hydrolysis) is 1. The summed E-state index contributed by atoms with van der Waals surface area (Å²) in [5, 5.41) is 6.52. The molecule has 27 heavy (non-hydrogen) atoms. The molecule has 2 aromatic carbocycles. The van der Waals surface area contributed by atoms with Crippen LogP contribution in [-0.4, -0.2) is 38.0 Å². The summed E-state index contributed by atoms with van der Waals surface area (Å²) < 4.78 is 9.97. The van der Waals surface area contributed by atoms with Gasteiger partial charge in [-0.1, -0.05) is 30.3 Å². The maximum absolute atomic E-state index is 12.5. The summed E-state index contributed by atoms with van der Waals surface area (Å²) in [6.45, 7) is 1.92.